The number of hydrogen-bond acceptors (Lipinski definition) is 11. The number of esters is 1. The number of carbonyl (C=O) groups excluding carboxylic acids is 4. The number of thioether (sulfide) groups is 1. The van der Waals surface area contributed by atoms with Gasteiger partial charge >= 0.3 is 11.9 Å². The van der Waals surface area contributed by atoms with Crippen molar-refractivity contribution >= 4 is 75.7 Å². The summed E-state index contributed by atoms with van der Waals surface area (Å²) >= 11 is 8.32. The van der Waals surface area contributed by atoms with Crippen LogP contribution in [0, 0.1) is 0 Å². The minimum atomic E-state index is -1.26. The van der Waals surface area contributed by atoms with Crippen LogP contribution in [-0.2, 0) is 33.5 Å². The zero-order valence-electron chi connectivity index (χ0n) is 19.4. The molecule has 3 rings (SSSR count). The summed E-state index contributed by atoms with van der Waals surface area (Å²) in [6.45, 7) is 6.13. The van der Waals surface area contributed by atoms with Crippen molar-refractivity contribution in [1.29, 1.82) is 0 Å². The summed E-state index contributed by atoms with van der Waals surface area (Å²) in [5.74, 6) is -3.54. The first-order valence-electron chi connectivity index (χ1n) is 10.4. The molecule has 1 fully saturated rings. The monoisotopic (exact) mass is 559 g/mol. The average Bonchev–Trinajstić information content (AvgIpc) is 3.12. The predicted molar refractivity (Wildman–Crippen MR) is 130 cm³/mol. The molecule has 3 amide bonds. The maximum atomic E-state index is 13.2. The van der Waals surface area contributed by atoms with Crippen LogP contribution in [0.2, 0.25) is 4.34 Å². The number of ether oxygens (including phenoxy) is 1. The smallest absolute Gasteiger partial charge is 0.352 e. The minimum Gasteiger partial charge on any atom is -0.477 e. The van der Waals surface area contributed by atoms with Crippen LogP contribution >= 0.6 is 34.7 Å². The molecular weight excluding hydrogens is 538 g/mol. The van der Waals surface area contributed by atoms with Crippen LogP contribution in [-0.4, -0.2) is 79.7 Å². The fraction of sp³-hybridized carbons (Fsp3) is 0.450. The SMILES string of the molecule is CC1C=C(C(=O)O)N2C(=O)C(NC(=O)C(=NOCC(=O)OC(C)(C)C)c3nc(NC=O)sc3Cl)[C@H]2S1. The van der Waals surface area contributed by atoms with Gasteiger partial charge in [0, 0.05) is 5.25 Å². The third kappa shape index (κ3) is 6.14. The summed E-state index contributed by atoms with van der Waals surface area (Å²) in [5.41, 5.74) is -1.56. The maximum absolute atomic E-state index is 13.2. The van der Waals surface area contributed by atoms with Gasteiger partial charge in [-0.3, -0.25) is 19.3 Å². The number of carboxylic acid groups (broad SMARTS) is 1. The molecule has 3 atom stereocenters. The summed E-state index contributed by atoms with van der Waals surface area (Å²) in [6, 6.07) is -1.06. The number of aliphatic carboxylic acids is 1. The van der Waals surface area contributed by atoms with Gasteiger partial charge in [-0.2, -0.15) is 0 Å². The molecule has 194 valence electrons. The van der Waals surface area contributed by atoms with Gasteiger partial charge in [-0.05, 0) is 33.8 Å². The highest BCUT2D eigenvalue weighted by atomic mass is 35.5. The normalized spacial score (nSPS) is 21.5. The van der Waals surface area contributed by atoms with E-state index in [1.165, 1.54) is 17.8 Å². The molecule has 36 heavy (non-hydrogen) atoms. The van der Waals surface area contributed by atoms with Crippen molar-refractivity contribution in [3.8, 4) is 0 Å². The topological polar surface area (TPSA) is 177 Å². The Hall–Kier alpha value is -3.17. The molecule has 0 saturated carbocycles. The number of β-lactam (4-membered cyclic amide) rings is 1. The van der Waals surface area contributed by atoms with Crippen LogP contribution in [0.1, 0.15) is 33.4 Å². The number of carbonyl (C=O) groups is 5. The van der Waals surface area contributed by atoms with Crippen molar-refractivity contribution in [3.63, 3.8) is 0 Å². The molecular formula is C20H22ClN5O8S2. The molecule has 1 aromatic rings. The Labute approximate surface area is 218 Å². The van der Waals surface area contributed by atoms with Crippen LogP contribution < -0.4 is 10.6 Å². The number of rotatable bonds is 9. The van der Waals surface area contributed by atoms with Gasteiger partial charge in [0.2, 0.25) is 13.0 Å². The van der Waals surface area contributed by atoms with E-state index >= 15 is 0 Å². The van der Waals surface area contributed by atoms with Gasteiger partial charge in [-0.15, -0.1) is 11.8 Å². The number of nitrogens with one attached hydrogen (secondary N) is 2. The summed E-state index contributed by atoms with van der Waals surface area (Å²) in [5, 5.41) is 17.1. The van der Waals surface area contributed by atoms with Crippen molar-refractivity contribution in [3.05, 3.63) is 21.8 Å². The highest BCUT2D eigenvalue weighted by Gasteiger charge is 2.54. The summed E-state index contributed by atoms with van der Waals surface area (Å²) in [7, 11) is 0. The Morgan fingerprint density at radius 1 is 1.36 bits per heavy atom. The van der Waals surface area contributed by atoms with E-state index in [1.54, 1.807) is 27.7 Å². The number of thiazole rings is 1. The zero-order chi connectivity index (χ0) is 26.8. The molecule has 16 heteroatoms. The van der Waals surface area contributed by atoms with Crippen LogP contribution in [0.4, 0.5) is 5.13 Å². The number of anilines is 1. The summed E-state index contributed by atoms with van der Waals surface area (Å²) in [6.07, 6.45) is 1.82. The number of oxime groups is 1. The van der Waals surface area contributed by atoms with Gasteiger partial charge < -0.3 is 25.3 Å². The van der Waals surface area contributed by atoms with E-state index < -0.39 is 53.1 Å². The van der Waals surface area contributed by atoms with E-state index in [2.05, 4.69) is 20.8 Å². The maximum Gasteiger partial charge on any atom is 0.352 e. The molecule has 0 aromatic carbocycles. The van der Waals surface area contributed by atoms with Crippen LogP contribution in [0.5, 0.6) is 0 Å². The first-order chi connectivity index (χ1) is 16.8. The third-order valence-electron chi connectivity index (χ3n) is 4.52. The molecule has 13 nitrogen and oxygen atoms in total. The number of halogens is 1. The Morgan fingerprint density at radius 3 is 2.67 bits per heavy atom. The van der Waals surface area contributed by atoms with Crippen molar-refractivity contribution in [2.24, 2.45) is 5.16 Å². The highest BCUT2D eigenvalue weighted by molar-refractivity contribution is 8.00. The van der Waals surface area contributed by atoms with Crippen molar-refractivity contribution in [1.82, 2.24) is 15.2 Å². The quantitative estimate of drug-likeness (QED) is 0.131. The Kier molecular flexibility index (Phi) is 8.26. The standard InChI is InChI=1S/C20H22ClN5O8S2/c1-8-5-9(18(31)32)26-16(30)13(17(26)35-8)23-15(29)12(11-14(21)36-19(24-11)22-7-27)25-33-6-10(28)34-20(2,3)4/h5,7-8,13,17H,6H2,1-4H3,(H,23,29)(H,31,32)(H,22,24,27)/t8?,13?,17-/m1/s1. The molecule has 2 aliphatic heterocycles. The second-order valence-corrected chi connectivity index (χ2v) is 11.6. The van der Waals surface area contributed by atoms with Crippen LogP contribution in [0.3, 0.4) is 0 Å². The lowest BCUT2D eigenvalue weighted by molar-refractivity contribution is -0.160. The molecule has 2 unspecified atom stereocenters. The van der Waals surface area contributed by atoms with Gasteiger partial charge in [0.1, 0.15) is 32.7 Å². The van der Waals surface area contributed by atoms with E-state index in [1.807, 2.05) is 0 Å². The Morgan fingerprint density at radius 2 is 2.06 bits per heavy atom. The predicted octanol–water partition coefficient (Wildman–Crippen LogP) is 1.18. The molecule has 1 aromatic heterocycles. The number of aromatic nitrogens is 1. The van der Waals surface area contributed by atoms with Crippen LogP contribution in [0.25, 0.3) is 0 Å². The van der Waals surface area contributed by atoms with E-state index in [9.17, 15) is 29.1 Å². The van der Waals surface area contributed by atoms with Crippen molar-refractivity contribution in [2.75, 3.05) is 11.9 Å². The molecule has 2 aliphatic rings. The average molecular weight is 560 g/mol. The van der Waals surface area contributed by atoms with E-state index in [0.29, 0.717) is 6.41 Å². The van der Waals surface area contributed by atoms with Crippen molar-refractivity contribution in [2.45, 2.75) is 50.0 Å². The Balaban J connectivity index is 1.82. The number of amides is 3. The lowest BCUT2D eigenvalue weighted by Gasteiger charge is -2.49. The summed E-state index contributed by atoms with van der Waals surface area (Å²) < 4.78 is 5.10. The number of nitrogens with zero attached hydrogens (tertiary/aromatic N) is 3. The van der Waals surface area contributed by atoms with Gasteiger partial charge in [-0.25, -0.2) is 14.6 Å². The summed E-state index contributed by atoms with van der Waals surface area (Å²) in [4.78, 5) is 70.2. The number of fused-ring (bicyclic) bond motifs is 1. The Bertz CT molecular complexity index is 1160. The minimum absolute atomic E-state index is 0.0209. The highest BCUT2D eigenvalue weighted by Crippen LogP contribution is 2.40. The van der Waals surface area contributed by atoms with E-state index in [0.717, 1.165) is 16.2 Å². The third-order valence-corrected chi connectivity index (χ3v) is 7.03. The first-order valence-corrected chi connectivity index (χ1v) is 12.5. The number of hydrogen-bond donors (Lipinski definition) is 3. The van der Waals surface area contributed by atoms with Crippen LogP contribution in [0.15, 0.2) is 16.9 Å². The van der Waals surface area contributed by atoms with Gasteiger partial charge in [0.25, 0.3) is 11.8 Å². The largest absolute Gasteiger partial charge is 0.477 e. The lowest BCUT2D eigenvalue weighted by Crippen LogP contribution is -2.71. The van der Waals surface area contributed by atoms with Gasteiger partial charge in [0.15, 0.2) is 10.8 Å². The molecule has 0 bridgehead atoms. The van der Waals surface area contributed by atoms with Crippen molar-refractivity contribution < 1.29 is 38.7 Å². The first kappa shape index (κ1) is 27.4. The second kappa shape index (κ2) is 10.8. The van der Waals surface area contributed by atoms with Gasteiger partial charge in [-0.1, -0.05) is 28.1 Å². The fourth-order valence-corrected chi connectivity index (χ4v) is 5.54. The van der Waals surface area contributed by atoms with E-state index in [4.69, 9.17) is 21.2 Å². The molecule has 3 N–H and O–H groups in total. The molecule has 0 radical (unpaired) electrons. The van der Waals surface area contributed by atoms with Gasteiger partial charge in [0.05, 0.1) is 0 Å². The molecule has 1 saturated heterocycles. The lowest BCUT2D eigenvalue weighted by atomic mass is 10.0. The molecule has 0 spiro atoms. The number of carboxylic acids is 1. The zero-order valence-corrected chi connectivity index (χ0v) is 21.8. The van der Waals surface area contributed by atoms with E-state index in [-0.39, 0.29) is 26.1 Å². The molecule has 3 heterocycles. The second-order valence-electron chi connectivity index (χ2n) is 8.45. The fourth-order valence-electron chi connectivity index (χ4n) is 3.21. The molecule has 0 aliphatic carbocycles.